The van der Waals surface area contributed by atoms with Crippen LogP contribution in [-0.2, 0) is 6.54 Å². The Hall–Kier alpha value is -4.01. The Balaban J connectivity index is 1.69. The molecule has 0 aliphatic rings. The molecular weight excluding hydrogens is 495 g/mol. The van der Waals surface area contributed by atoms with Gasteiger partial charge in [-0.2, -0.15) is 5.26 Å². The molecule has 0 aliphatic heterocycles. The number of carbonyl (C=O) groups is 1. The monoisotopic (exact) mass is 516 g/mol. The van der Waals surface area contributed by atoms with Crippen molar-refractivity contribution in [1.82, 2.24) is 14.9 Å². The van der Waals surface area contributed by atoms with Gasteiger partial charge in [-0.15, -0.1) is 0 Å². The standard InChI is InChI=1S/C22H22Cl2N8O3/c23-14-3-4-15(17(24)11-14)16-12-31(13-18(16)29-22(33)28-8-1-7-25)10-2-9-27-20-6-5-19(32(34)35)21(26)30-20/h3-6,11-13H,1-2,8-10H2,(H3,26,27,30)(H2,28,29,33). The fourth-order valence-corrected chi connectivity index (χ4v) is 3.77. The normalized spacial score (nSPS) is 10.4. The maximum atomic E-state index is 12.3. The molecule has 2 heterocycles. The number of amides is 2. The minimum atomic E-state index is -0.585. The molecule has 3 aromatic rings. The number of rotatable bonds is 10. The van der Waals surface area contributed by atoms with Crippen LogP contribution in [0.15, 0.2) is 42.7 Å². The average molecular weight is 517 g/mol. The van der Waals surface area contributed by atoms with Crippen LogP contribution in [0.3, 0.4) is 0 Å². The summed E-state index contributed by atoms with van der Waals surface area (Å²) in [5.74, 6) is 0.282. The molecule has 0 fully saturated rings. The highest BCUT2D eigenvalue weighted by Crippen LogP contribution is 2.36. The topological polar surface area (TPSA) is 164 Å². The lowest BCUT2D eigenvalue weighted by Gasteiger charge is -2.09. The van der Waals surface area contributed by atoms with E-state index in [0.29, 0.717) is 52.2 Å². The van der Waals surface area contributed by atoms with Crippen LogP contribution in [0.2, 0.25) is 10.0 Å². The molecule has 5 N–H and O–H groups in total. The summed E-state index contributed by atoms with van der Waals surface area (Å²) < 4.78 is 1.91. The number of anilines is 3. The Kier molecular flexibility index (Phi) is 8.72. The molecule has 2 aromatic heterocycles. The van der Waals surface area contributed by atoms with E-state index in [1.165, 1.54) is 12.1 Å². The first-order chi connectivity index (χ1) is 16.8. The molecule has 13 heteroatoms. The van der Waals surface area contributed by atoms with Crippen molar-refractivity contribution in [2.45, 2.75) is 19.4 Å². The molecule has 182 valence electrons. The number of benzene rings is 1. The van der Waals surface area contributed by atoms with Crippen LogP contribution in [0.1, 0.15) is 12.8 Å². The molecule has 0 bridgehead atoms. The van der Waals surface area contributed by atoms with Gasteiger partial charge in [0.2, 0.25) is 5.82 Å². The summed E-state index contributed by atoms with van der Waals surface area (Å²) in [6.45, 7) is 1.34. The summed E-state index contributed by atoms with van der Waals surface area (Å²) in [6, 6.07) is 9.44. The number of aromatic nitrogens is 2. The van der Waals surface area contributed by atoms with Gasteiger partial charge < -0.3 is 26.3 Å². The fourth-order valence-electron chi connectivity index (χ4n) is 3.26. The van der Waals surface area contributed by atoms with E-state index in [1.54, 1.807) is 24.4 Å². The van der Waals surface area contributed by atoms with Gasteiger partial charge in [-0.05, 0) is 24.6 Å². The summed E-state index contributed by atoms with van der Waals surface area (Å²) in [7, 11) is 0. The molecule has 0 spiro atoms. The van der Waals surface area contributed by atoms with Gasteiger partial charge >= 0.3 is 11.7 Å². The molecule has 2 amide bonds. The number of nitrogens with zero attached hydrogens (tertiary/aromatic N) is 4. The predicted octanol–water partition coefficient (Wildman–Crippen LogP) is 4.88. The first kappa shape index (κ1) is 25.6. The van der Waals surface area contributed by atoms with Gasteiger partial charge in [0, 0.05) is 54.2 Å². The van der Waals surface area contributed by atoms with Gasteiger partial charge in [0.25, 0.3) is 0 Å². The second kappa shape index (κ2) is 11.9. The zero-order valence-corrected chi connectivity index (χ0v) is 19.9. The lowest BCUT2D eigenvalue weighted by atomic mass is 10.1. The number of hydrogen-bond donors (Lipinski definition) is 4. The molecule has 0 saturated heterocycles. The number of nitro groups is 1. The van der Waals surface area contributed by atoms with E-state index in [0.717, 1.165) is 0 Å². The summed E-state index contributed by atoms with van der Waals surface area (Å²) in [4.78, 5) is 26.5. The van der Waals surface area contributed by atoms with Gasteiger partial charge in [-0.3, -0.25) is 10.1 Å². The van der Waals surface area contributed by atoms with E-state index < -0.39 is 11.0 Å². The highest BCUT2D eigenvalue weighted by Gasteiger charge is 2.15. The maximum absolute atomic E-state index is 12.3. The lowest BCUT2D eigenvalue weighted by Crippen LogP contribution is -2.29. The van der Waals surface area contributed by atoms with Crippen molar-refractivity contribution < 1.29 is 9.72 Å². The highest BCUT2D eigenvalue weighted by atomic mass is 35.5. The van der Waals surface area contributed by atoms with E-state index in [2.05, 4.69) is 20.9 Å². The van der Waals surface area contributed by atoms with E-state index in [1.807, 2.05) is 16.8 Å². The van der Waals surface area contributed by atoms with Crippen LogP contribution >= 0.6 is 23.2 Å². The number of carbonyl (C=O) groups excluding carboxylic acids is 1. The van der Waals surface area contributed by atoms with Crippen LogP contribution in [0.5, 0.6) is 0 Å². The number of nitrogen functional groups attached to an aromatic ring is 1. The Bertz CT molecular complexity index is 1270. The lowest BCUT2D eigenvalue weighted by molar-refractivity contribution is -0.384. The molecule has 0 atom stereocenters. The van der Waals surface area contributed by atoms with Crippen molar-refractivity contribution >= 4 is 52.2 Å². The molecule has 0 saturated carbocycles. The van der Waals surface area contributed by atoms with Crippen molar-refractivity contribution in [2.24, 2.45) is 0 Å². The molecule has 0 radical (unpaired) electrons. The van der Waals surface area contributed by atoms with Crippen molar-refractivity contribution in [3.8, 4) is 17.2 Å². The second-order valence-electron chi connectivity index (χ2n) is 7.37. The third-order valence-corrected chi connectivity index (χ3v) is 5.42. The molecule has 0 aliphatic carbocycles. The van der Waals surface area contributed by atoms with E-state index >= 15 is 0 Å². The third-order valence-electron chi connectivity index (χ3n) is 4.87. The zero-order valence-electron chi connectivity index (χ0n) is 18.4. The van der Waals surface area contributed by atoms with Gasteiger partial charge in [0.15, 0.2) is 0 Å². The van der Waals surface area contributed by atoms with Crippen molar-refractivity contribution in [1.29, 1.82) is 5.26 Å². The maximum Gasteiger partial charge on any atom is 0.319 e. The number of aryl methyl sites for hydroxylation is 1. The molecule has 3 rings (SSSR count). The molecule has 1 aromatic carbocycles. The van der Waals surface area contributed by atoms with Crippen LogP contribution in [0.4, 0.5) is 27.8 Å². The Labute approximate surface area is 211 Å². The van der Waals surface area contributed by atoms with Crippen LogP contribution in [-0.4, -0.2) is 33.6 Å². The van der Waals surface area contributed by atoms with Gasteiger partial charge in [-0.25, -0.2) is 9.78 Å². The summed E-state index contributed by atoms with van der Waals surface area (Å²) in [5.41, 5.74) is 7.33. The number of halogens is 2. The smallest absolute Gasteiger partial charge is 0.319 e. The summed E-state index contributed by atoms with van der Waals surface area (Å²) in [6.07, 6.45) is 4.52. The largest absolute Gasteiger partial charge is 0.378 e. The van der Waals surface area contributed by atoms with Crippen molar-refractivity contribution in [3.63, 3.8) is 0 Å². The Morgan fingerprint density at radius 1 is 1.20 bits per heavy atom. The van der Waals surface area contributed by atoms with Crippen LogP contribution in [0, 0.1) is 21.4 Å². The summed E-state index contributed by atoms with van der Waals surface area (Å²) in [5, 5.41) is 28.9. The molecule has 35 heavy (non-hydrogen) atoms. The van der Waals surface area contributed by atoms with Crippen LogP contribution in [0.25, 0.3) is 11.1 Å². The number of nitrogens with one attached hydrogen (secondary N) is 3. The quantitative estimate of drug-likeness (QED) is 0.169. The summed E-state index contributed by atoms with van der Waals surface area (Å²) >= 11 is 12.4. The van der Waals surface area contributed by atoms with Gasteiger partial charge in [-0.1, -0.05) is 29.3 Å². The van der Waals surface area contributed by atoms with Crippen LogP contribution < -0.4 is 21.7 Å². The number of hydrogen-bond acceptors (Lipinski definition) is 7. The molecule has 11 nitrogen and oxygen atoms in total. The Morgan fingerprint density at radius 2 is 2.00 bits per heavy atom. The number of nitrogens with two attached hydrogens (primary N) is 1. The number of pyridine rings is 1. The Morgan fingerprint density at radius 3 is 2.69 bits per heavy atom. The second-order valence-corrected chi connectivity index (χ2v) is 8.22. The fraction of sp³-hybridized carbons (Fsp3) is 0.227. The minimum Gasteiger partial charge on any atom is -0.378 e. The highest BCUT2D eigenvalue weighted by molar-refractivity contribution is 6.36. The number of urea groups is 1. The average Bonchev–Trinajstić information content (AvgIpc) is 3.18. The minimum absolute atomic E-state index is 0.154. The predicted molar refractivity (Wildman–Crippen MR) is 136 cm³/mol. The van der Waals surface area contributed by atoms with Gasteiger partial charge in [0.05, 0.1) is 28.1 Å². The number of nitriles is 1. The van der Waals surface area contributed by atoms with E-state index in [4.69, 9.17) is 34.2 Å². The van der Waals surface area contributed by atoms with Crippen molar-refractivity contribution in [3.05, 3.63) is 62.9 Å². The third kappa shape index (κ3) is 6.99. The SMILES string of the molecule is N#CCCNC(=O)Nc1cn(CCCNc2ccc([N+](=O)[O-])c(N)n2)cc1-c1ccc(Cl)cc1Cl. The molecular formula is C22H22Cl2N8O3. The van der Waals surface area contributed by atoms with Crippen molar-refractivity contribution in [2.75, 3.05) is 29.5 Å². The van der Waals surface area contributed by atoms with Gasteiger partial charge in [0.1, 0.15) is 5.82 Å². The first-order valence-electron chi connectivity index (χ1n) is 10.5. The van der Waals surface area contributed by atoms with E-state index in [-0.39, 0.29) is 24.5 Å². The van der Waals surface area contributed by atoms with E-state index in [9.17, 15) is 14.9 Å². The molecule has 0 unspecified atom stereocenters. The first-order valence-corrected chi connectivity index (χ1v) is 11.3. The zero-order chi connectivity index (χ0) is 25.4.